The second kappa shape index (κ2) is 8.36. The molecule has 140 valence electrons. The number of hydrogen-bond donors (Lipinski definition) is 1. The van der Waals surface area contributed by atoms with E-state index < -0.39 is 9.84 Å². The van der Waals surface area contributed by atoms with Crippen LogP contribution in [-0.4, -0.2) is 49.9 Å². The van der Waals surface area contributed by atoms with Crippen molar-refractivity contribution in [2.75, 3.05) is 24.6 Å². The lowest BCUT2D eigenvalue weighted by atomic mass is 9.89. The Kier molecular flexibility index (Phi) is 6.17. The molecule has 2 heterocycles. The smallest absolute Gasteiger partial charge is 0.234 e. The van der Waals surface area contributed by atoms with Gasteiger partial charge in [-0.15, -0.1) is 0 Å². The van der Waals surface area contributed by atoms with Crippen LogP contribution in [0.3, 0.4) is 0 Å². The van der Waals surface area contributed by atoms with Gasteiger partial charge in [0.1, 0.15) is 5.76 Å². The average molecular weight is 368 g/mol. The van der Waals surface area contributed by atoms with E-state index in [4.69, 9.17) is 4.42 Å². The van der Waals surface area contributed by atoms with Gasteiger partial charge in [-0.3, -0.25) is 9.69 Å². The fraction of sp³-hybridized carbons (Fsp3) is 0.722. The van der Waals surface area contributed by atoms with Crippen molar-refractivity contribution in [3.05, 3.63) is 24.2 Å². The van der Waals surface area contributed by atoms with Crippen molar-refractivity contribution in [2.45, 2.75) is 51.1 Å². The van der Waals surface area contributed by atoms with Crippen LogP contribution < -0.4 is 5.32 Å². The molecule has 1 unspecified atom stereocenters. The Hall–Kier alpha value is -1.34. The van der Waals surface area contributed by atoms with Gasteiger partial charge >= 0.3 is 0 Å². The Bertz CT molecular complexity index is 651. The molecule has 3 rings (SSSR count). The summed E-state index contributed by atoms with van der Waals surface area (Å²) in [7, 11) is -2.99. The standard InChI is InChI=1S/C18H28N2O4S/c21-18(19-11-15-5-2-1-3-6-15)13-20(12-17-7-4-9-24-17)16-8-10-25(22,23)14-16/h4,7,9,15-16H,1-3,5-6,8,10-14H2,(H,19,21). The fourth-order valence-corrected chi connectivity index (χ4v) is 5.63. The lowest BCUT2D eigenvalue weighted by molar-refractivity contribution is -0.123. The molecule has 1 aromatic heterocycles. The largest absolute Gasteiger partial charge is 0.468 e. The van der Waals surface area contributed by atoms with Gasteiger partial charge in [0.15, 0.2) is 9.84 Å². The van der Waals surface area contributed by atoms with Crippen LogP contribution in [-0.2, 0) is 21.2 Å². The zero-order valence-corrected chi connectivity index (χ0v) is 15.5. The zero-order chi connectivity index (χ0) is 17.7. The fourth-order valence-electron chi connectivity index (χ4n) is 3.87. The number of sulfone groups is 1. The van der Waals surface area contributed by atoms with Gasteiger partial charge in [0.25, 0.3) is 0 Å². The highest BCUT2D eigenvalue weighted by molar-refractivity contribution is 7.91. The lowest BCUT2D eigenvalue weighted by Crippen LogP contribution is -2.44. The molecule has 1 atom stereocenters. The molecule has 1 aliphatic heterocycles. The molecule has 7 heteroatoms. The Morgan fingerprint density at radius 3 is 2.68 bits per heavy atom. The predicted octanol–water partition coefficient (Wildman–Crippen LogP) is 1.97. The Morgan fingerprint density at radius 1 is 1.24 bits per heavy atom. The Labute approximate surface area is 149 Å². The zero-order valence-electron chi connectivity index (χ0n) is 14.7. The first kappa shape index (κ1) is 18.5. The average Bonchev–Trinajstić information content (AvgIpc) is 3.22. The van der Waals surface area contributed by atoms with E-state index in [1.807, 2.05) is 17.0 Å². The van der Waals surface area contributed by atoms with E-state index in [1.165, 1.54) is 32.1 Å². The lowest BCUT2D eigenvalue weighted by Gasteiger charge is -2.27. The molecule has 1 N–H and O–H groups in total. The van der Waals surface area contributed by atoms with E-state index in [2.05, 4.69) is 5.32 Å². The van der Waals surface area contributed by atoms with E-state index >= 15 is 0 Å². The molecular formula is C18H28N2O4S. The third-order valence-electron chi connectivity index (χ3n) is 5.32. The summed E-state index contributed by atoms with van der Waals surface area (Å²) in [6.45, 7) is 1.41. The predicted molar refractivity (Wildman–Crippen MR) is 95.8 cm³/mol. The summed E-state index contributed by atoms with van der Waals surface area (Å²) >= 11 is 0. The van der Waals surface area contributed by atoms with E-state index in [1.54, 1.807) is 6.26 Å². The monoisotopic (exact) mass is 368 g/mol. The van der Waals surface area contributed by atoms with E-state index in [9.17, 15) is 13.2 Å². The van der Waals surface area contributed by atoms with Gasteiger partial charge in [0.2, 0.25) is 5.91 Å². The number of carbonyl (C=O) groups is 1. The number of furan rings is 1. The third kappa shape index (κ3) is 5.57. The summed E-state index contributed by atoms with van der Waals surface area (Å²) in [6, 6.07) is 3.55. The number of amides is 1. The van der Waals surface area contributed by atoms with Gasteiger partial charge in [0.05, 0.1) is 30.9 Å². The van der Waals surface area contributed by atoms with Crippen molar-refractivity contribution >= 4 is 15.7 Å². The summed E-state index contributed by atoms with van der Waals surface area (Å²) in [5, 5.41) is 3.05. The summed E-state index contributed by atoms with van der Waals surface area (Å²) in [5.74, 6) is 1.65. The van der Waals surface area contributed by atoms with Crippen molar-refractivity contribution in [1.82, 2.24) is 10.2 Å². The summed E-state index contributed by atoms with van der Waals surface area (Å²) in [4.78, 5) is 14.4. The maximum absolute atomic E-state index is 12.4. The first-order valence-electron chi connectivity index (χ1n) is 9.25. The van der Waals surface area contributed by atoms with Crippen LogP contribution in [0.25, 0.3) is 0 Å². The second-order valence-corrected chi connectivity index (χ2v) is 9.58. The molecule has 25 heavy (non-hydrogen) atoms. The molecule has 6 nitrogen and oxygen atoms in total. The minimum atomic E-state index is -2.99. The van der Waals surface area contributed by atoms with Gasteiger partial charge in [-0.25, -0.2) is 8.42 Å². The van der Waals surface area contributed by atoms with Crippen molar-refractivity contribution < 1.29 is 17.6 Å². The highest BCUT2D eigenvalue weighted by Gasteiger charge is 2.33. The molecule has 0 radical (unpaired) electrons. The number of nitrogens with zero attached hydrogens (tertiary/aromatic N) is 1. The Morgan fingerprint density at radius 2 is 2.04 bits per heavy atom. The summed E-state index contributed by atoms with van der Waals surface area (Å²) in [6.07, 6.45) is 8.38. The van der Waals surface area contributed by atoms with Crippen LogP contribution in [0.15, 0.2) is 22.8 Å². The first-order chi connectivity index (χ1) is 12.0. The highest BCUT2D eigenvalue weighted by Crippen LogP contribution is 2.23. The van der Waals surface area contributed by atoms with Gasteiger partial charge in [-0.1, -0.05) is 19.3 Å². The number of hydrogen-bond acceptors (Lipinski definition) is 5. The van der Waals surface area contributed by atoms with E-state index in [0.717, 1.165) is 12.3 Å². The summed E-state index contributed by atoms with van der Waals surface area (Å²) in [5.41, 5.74) is 0. The minimum Gasteiger partial charge on any atom is -0.468 e. The van der Waals surface area contributed by atoms with Crippen LogP contribution in [0.5, 0.6) is 0 Å². The number of nitrogens with one attached hydrogen (secondary N) is 1. The maximum Gasteiger partial charge on any atom is 0.234 e. The van der Waals surface area contributed by atoms with Gasteiger partial charge in [-0.2, -0.15) is 0 Å². The maximum atomic E-state index is 12.4. The Balaban J connectivity index is 1.55. The number of rotatable bonds is 7. The van der Waals surface area contributed by atoms with Crippen molar-refractivity contribution in [2.24, 2.45) is 5.92 Å². The van der Waals surface area contributed by atoms with Crippen LogP contribution in [0.2, 0.25) is 0 Å². The molecule has 2 fully saturated rings. The minimum absolute atomic E-state index is 0.0265. The molecule has 2 aliphatic rings. The van der Waals surface area contributed by atoms with E-state index in [0.29, 0.717) is 18.9 Å². The molecule has 0 aromatic carbocycles. The van der Waals surface area contributed by atoms with Crippen LogP contribution in [0.1, 0.15) is 44.3 Å². The van der Waals surface area contributed by atoms with Gasteiger partial charge in [0, 0.05) is 12.6 Å². The third-order valence-corrected chi connectivity index (χ3v) is 7.07. The number of carbonyl (C=O) groups excluding carboxylic acids is 1. The van der Waals surface area contributed by atoms with Crippen molar-refractivity contribution in [3.8, 4) is 0 Å². The SMILES string of the molecule is O=C(CN(Cc1ccco1)C1CCS(=O)(=O)C1)NCC1CCCCC1. The topological polar surface area (TPSA) is 79.6 Å². The molecular weight excluding hydrogens is 340 g/mol. The van der Waals surface area contributed by atoms with Crippen LogP contribution >= 0.6 is 0 Å². The van der Waals surface area contributed by atoms with E-state index in [-0.39, 0.29) is 30.0 Å². The van der Waals surface area contributed by atoms with Crippen molar-refractivity contribution in [1.29, 1.82) is 0 Å². The molecule has 1 amide bonds. The summed E-state index contributed by atoms with van der Waals surface area (Å²) < 4.78 is 29.0. The van der Waals surface area contributed by atoms with Gasteiger partial charge < -0.3 is 9.73 Å². The molecule has 0 spiro atoms. The van der Waals surface area contributed by atoms with Crippen molar-refractivity contribution in [3.63, 3.8) is 0 Å². The highest BCUT2D eigenvalue weighted by atomic mass is 32.2. The van der Waals surface area contributed by atoms with Crippen LogP contribution in [0.4, 0.5) is 0 Å². The quantitative estimate of drug-likeness (QED) is 0.796. The molecule has 0 bridgehead atoms. The molecule has 1 saturated heterocycles. The van der Waals surface area contributed by atoms with Gasteiger partial charge in [-0.05, 0) is 37.3 Å². The molecule has 1 aromatic rings. The normalized spacial score (nSPS) is 23.8. The second-order valence-electron chi connectivity index (χ2n) is 7.35. The molecule has 1 aliphatic carbocycles. The van der Waals surface area contributed by atoms with Crippen LogP contribution in [0, 0.1) is 5.92 Å². The molecule has 1 saturated carbocycles. The first-order valence-corrected chi connectivity index (χ1v) is 11.1.